The number of amides is 3. The van der Waals surface area contributed by atoms with Gasteiger partial charge in [0.2, 0.25) is 17.7 Å². The maximum atomic E-state index is 12.1. The first-order valence-electron chi connectivity index (χ1n) is 10.3. The molecule has 1 atom stereocenters. The summed E-state index contributed by atoms with van der Waals surface area (Å²) in [4.78, 5) is 44.7. The summed E-state index contributed by atoms with van der Waals surface area (Å²) < 4.78 is 5.08. The lowest BCUT2D eigenvalue weighted by Crippen LogP contribution is -2.40. The number of benzene rings is 1. The van der Waals surface area contributed by atoms with Crippen molar-refractivity contribution in [2.45, 2.75) is 40.2 Å². The van der Waals surface area contributed by atoms with Crippen LogP contribution in [0.4, 0.5) is 5.69 Å². The third-order valence-corrected chi connectivity index (χ3v) is 4.39. The molecule has 0 saturated heterocycles. The van der Waals surface area contributed by atoms with Crippen molar-refractivity contribution in [3.63, 3.8) is 0 Å². The normalized spacial score (nSPS) is 11.1. The number of hydrogen-bond donors (Lipinski definition) is 4. The molecule has 1 aromatic carbocycles. The summed E-state index contributed by atoms with van der Waals surface area (Å²) in [7, 11) is 0. The molecule has 0 radical (unpaired) electrons. The van der Waals surface area contributed by atoms with Crippen molar-refractivity contribution in [2.75, 3.05) is 6.54 Å². The summed E-state index contributed by atoms with van der Waals surface area (Å²) in [6, 6.07) is 9.87. The van der Waals surface area contributed by atoms with E-state index in [1.54, 1.807) is 24.3 Å². The van der Waals surface area contributed by atoms with Crippen LogP contribution in [0.1, 0.15) is 38.0 Å². The molecule has 0 aliphatic heterocycles. The van der Waals surface area contributed by atoms with Gasteiger partial charge in [-0.25, -0.2) is 5.48 Å². The SMILES string of the molecule is CC(C)CC(CC(=O)NO)C(=O)NCC(=O)NCc1ccco1.Cc1ccc([N+](=O)[O-])cc1. The highest BCUT2D eigenvalue weighted by Gasteiger charge is 2.23. The molecule has 0 bridgehead atoms. The van der Waals surface area contributed by atoms with E-state index in [2.05, 4.69) is 10.6 Å². The van der Waals surface area contributed by atoms with Gasteiger partial charge < -0.3 is 15.1 Å². The smallest absolute Gasteiger partial charge is 0.269 e. The van der Waals surface area contributed by atoms with Crippen LogP contribution in [-0.4, -0.2) is 34.4 Å². The molecule has 2 aromatic rings. The fourth-order valence-corrected chi connectivity index (χ4v) is 2.76. The van der Waals surface area contributed by atoms with Crippen molar-refractivity contribution >= 4 is 23.4 Å². The molecule has 11 heteroatoms. The van der Waals surface area contributed by atoms with Gasteiger partial charge in [-0.15, -0.1) is 0 Å². The molecule has 1 unspecified atom stereocenters. The molecule has 33 heavy (non-hydrogen) atoms. The van der Waals surface area contributed by atoms with Gasteiger partial charge in [0.1, 0.15) is 5.76 Å². The first-order valence-corrected chi connectivity index (χ1v) is 10.3. The predicted octanol–water partition coefficient (Wildman–Crippen LogP) is 2.47. The van der Waals surface area contributed by atoms with Crippen molar-refractivity contribution < 1.29 is 28.9 Å². The standard InChI is InChI=1S/C15H23N3O5.C7H7NO2/c1-10(2)6-11(7-13(19)18-22)15(21)17-9-14(20)16-8-12-4-3-5-23-12;1-6-2-4-7(5-3-6)8(9)10/h3-5,10-11,22H,6-9H2,1-2H3,(H,16,20)(H,17,21)(H,18,19);2-5H,1H3. The van der Waals surface area contributed by atoms with Crippen LogP contribution in [0.3, 0.4) is 0 Å². The van der Waals surface area contributed by atoms with Crippen LogP contribution in [0, 0.1) is 28.9 Å². The Balaban J connectivity index is 0.000000451. The fraction of sp³-hybridized carbons (Fsp3) is 0.409. The van der Waals surface area contributed by atoms with Crippen LogP contribution in [0.15, 0.2) is 47.1 Å². The topological polar surface area (TPSA) is 164 Å². The highest BCUT2D eigenvalue weighted by Crippen LogP contribution is 2.15. The molecular weight excluding hydrogens is 432 g/mol. The Kier molecular flexibility index (Phi) is 11.9. The second-order valence-electron chi connectivity index (χ2n) is 7.73. The van der Waals surface area contributed by atoms with E-state index in [0.29, 0.717) is 12.2 Å². The minimum Gasteiger partial charge on any atom is -0.467 e. The van der Waals surface area contributed by atoms with Gasteiger partial charge in [0.05, 0.1) is 24.3 Å². The van der Waals surface area contributed by atoms with E-state index in [0.717, 1.165) is 5.56 Å². The fourth-order valence-electron chi connectivity index (χ4n) is 2.76. The van der Waals surface area contributed by atoms with Crippen LogP contribution < -0.4 is 16.1 Å². The minimum absolute atomic E-state index is 0.130. The third-order valence-electron chi connectivity index (χ3n) is 4.39. The first-order chi connectivity index (χ1) is 15.6. The van der Waals surface area contributed by atoms with E-state index in [9.17, 15) is 24.5 Å². The lowest BCUT2D eigenvalue weighted by atomic mass is 9.93. The molecule has 0 spiro atoms. The largest absolute Gasteiger partial charge is 0.467 e. The summed E-state index contributed by atoms with van der Waals surface area (Å²) in [5.41, 5.74) is 2.69. The lowest BCUT2D eigenvalue weighted by molar-refractivity contribution is -0.384. The van der Waals surface area contributed by atoms with Crippen LogP contribution in [0.2, 0.25) is 0 Å². The Bertz CT molecular complexity index is 896. The van der Waals surface area contributed by atoms with Crippen molar-refractivity contribution in [1.29, 1.82) is 0 Å². The average molecular weight is 463 g/mol. The third kappa shape index (κ3) is 11.5. The number of nitro benzene ring substituents is 1. The Morgan fingerprint density at radius 1 is 1.09 bits per heavy atom. The maximum absolute atomic E-state index is 12.1. The van der Waals surface area contributed by atoms with Gasteiger partial charge in [-0.05, 0) is 31.4 Å². The van der Waals surface area contributed by atoms with Gasteiger partial charge in [-0.2, -0.15) is 0 Å². The van der Waals surface area contributed by atoms with E-state index in [4.69, 9.17) is 9.62 Å². The predicted molar refractivity (Wildman–Crippen MR) is 119 cm³/mol. The van der Waals surface area contributed by atoms with Gasteiger partial charge >= 0.3 is 0 Å². The summed E-state index contributed by atoms with van der Waals surface area (Å²) in [6.07, 6.45) is 1.85. The van der Waals surface area contributed by atoms with Gasteiger partial charge in [-0.1, -0.05) is 31.5 Å². The van der Waals surface area contributed by atoms with Crippen LogP contribution in [0.5, 0.6) is 0 Å². The molecule has 0 aliphatic rings. The molecule has 1 heterocycles. The Hall–Kier alpha value is -3.73. The van der Waals surface area contributed by atoms with Crippen molar-refractivity contribution in [1.82, 2.24) is 16.1 Å². The number of nitrogens with zero attached hydrogens (tertiary/aromatic N) is 1. The number of aryl methyl sites for hydroxylation is 1. The molecular formula is C22H30N4O7. The number of furan rings is 1. The van der Waals surface area contributed by atoms with Crippen molar-refractivity contribution in [3.05, 3.63) is 64.1 Å². The molecule has 0 aliphatic carbocycles. The molecule has 180 valence electrons. The second-order valence-corrected chi connectivity index (χ2v) is 7.73. The van der Waals surface area contributed by atoms with Crippen molar-refractivity contribution in [3.8, 4) is 0 Å². The maximum Gasteiger partial charge on any atom is 0.269 e. The molecule has 2 rings (SSSR count). The molecule has 1 aromatic heterocycles. The number of carbonyl (C=O) groups is 3. The van der Waals surface area contributed by atoms with Gasteiger partial charge in [0, 0.05) is 24.5 Å². The summed E-state index contributed by atoms with van der Waals surface area (Å²) >= 11 is 0. The molecule has 0 fully saturated rings. The molecule has 0 saturated carbocycles. The summed E-state index contributed by atoms with van der Waals surface area (Å²) in [5, 5.41) is 23.8. The Morgan fingerprint density at radius 3 is 2.27 bits per heavy atom. The number of hydroxylamine groups is 1. The van der Waals surface area contributed by atoms with Gasteiger partial charge in [0.15, 0.2) is 0 Å². The van der Waals surface area contributed by atoms with Crippen LogP contribution >= 0.6 is 0 Å². The second kappa shape index (κ2) is 14.4. The number of non-ortho nitro benzene ring substituents is 1. The number of rotatable bonds is 10. The van der Waals surface area contributed by atoms with E-state index < -0.39 is 22.7 Å². The van der Waals surface area contributed by atoms with E-state index in [-0.39, 0.29) is 37.0 Å². The number of nitro groups is 1. The first kappa shape index (κ1) is 27.3. The van der Waals surface area contributed by atoms with Crippen molar-refractivity contribution in [2.24, 2.45) is 11.8 Å². The zero-order valence-corrected chi connectivity index (χ0v) is 18.9. The Morgan fingerprint density at radius 2 is 1.76 bits per heavy atom. The van der Waals surface area contributed by atoms with E-state index in [1.807, 2.05) is 20.8 Å². The van der Waals surface area contributed by atoms with Crippen LogP contribution in [-0.2, 0) is 20.9 Å². The average Bonchev–Trinajstić information content (AvgIpc) is 3.29. The number of nitrogens with one attached hydrogen (secondary N) is 3. The lowest BCUT2D eigenvalue weighted by Gasteiger charge is -2.17. The number of hydrogen-bond acceptors (Lipinski definition) is 7. The van der Waals surface area contributed by atoms with Gasteiger partial charge in [0.25, 0.3) is 5.69 Å². The van der Waals surface area contributed by atoms with Gasteiger partial charge in [-0.3, -0.25) is 29.7 Å². The zero-order valence-electron chi connectivity index (χ0n) is 18.9. The monoisotopic (exact) mass is 462 g/mol. The Labute approximate surface area is 191 Å². The molecule has 11 nitrogen and oxygen atoms in total. The highest BCUT2D eigenvalue weighted by atomic mass is 16.6. The minimum atomic E-state index is -0.631. The quantitative estimate of drug-likeness (QED) is 0.239. The number of carbonyl (C=O) groups excluding carboxylic acids is 3. The highest BCUT2D eigenvalue weighted by molar-refractivity contribution is 5.88. The van der Waals surface area contributed by atoms with E-state index in [1.165, 1.54) is 23.9 Å². The van der Waals surface area contributed by atoms with E-state index >= 15 is 0 Å². The molecule has 3 amide bonds. The summed E-state index contributed by atoms with van der Waals surface area (Å²) in [6.45, 7) is 5.79. The zero-order chi connectivity index (χ0) is 24.8. The molecule has 4 N–H and O–H groups in total. The van der Waals surface area contributed by atoms with Crippen LogP contribution in [0.25, 0.3) is 0 Å². The summed E-state index contributed by atoms with van der Waals surface area (Å²) in [5.74, 6) is -1.17.